The summed E-state index contributed by atoms with van der Waals surface area (Å²) in [5.74, 6) is 1.21. The Morgan fingerprint density at radius 1 is 1.22 bits per heavy atom. The summed E-state index contributed by atoms with van der Waals surface area (Å²) in [6.45, 7) is 2.22. The average molecular weight is 418 g/mol. The van der Waals surface area contributed by atoms with Crippen molar-refractivity contribution in [3.05, 3.63) is 69.7 Å². The van der Waals surface area contributed by atoms with E-state index >= 15 is 0 Å². The lowest BCUT2D eigenvalue weighted by Gasteiger charge is -2.20. The first-order valence-corrected chi connectivity index (χ1v) is 10.6. The van der Waals surface area contributed by atoms with Crippen molar-refractivity contribution in [1.29, 1.82) is 0 Å². The lowest BCUT2D eigenvalue weighted by Crippen LogP contribution is -2.27. The van der Waals surface area contributed by atoms with Crippen LogP contribution in [0.15, 0.2) is 48.5 Å². The Hall–Kier alpha value is -2.09. The molecule has 1 unspecified atom stereocenters. The number of ether oxygens (including phenoxy) is 1. The summed E-state index contributed by atoms with van der Waals surface area (Å²) in [6.07, 6.45) is 0. The van der Waals surface area contributed by atoms with Gasteiger partial charge in [0.2, 0.25) is 11.0 Å². The maximum Gasteiger partial charge on any atom is 0.240 e. The maximum atomic E-state index is 12.4. The van der Waals surface area contributed by atoms with Crippen molar-refractivity contribution < 1.29 is 9.53 Å². The second kappa shape index (κ2) is 7.88. The fraction of sp³-hybridized carbons (Fsp3) is 0.211. The van der Waals surface area contributed by atoms with E-state index in [1.54, 1.807) is 16.7 Å². The third-order valence-corrected chi connectivity index (χ3v) is 6.64. The van der Waals surface area contributed by atoms with E-state index in [2.05, 4.69) is 10.2 Å². The van der Waals surface area contributed by atoms with Crippen molar-refractivity contribution in [3.63, 3.8) is 0 Å². The van der Waals surface area contributed by atoms with Gasteiger partial charge in [-0.05, 0) is 36.2 Å². The van der Waals surface area contributed by atoms with Gasteiger partial charge in [0.1, 0.15) is 17.7 Å². The molecule has 4 rings (SSSR count). The molecule has 1 atom stereocenters. The number of nitrogens with zero attached hydrogens (tertiary/aromatic N) is 3. The Kier molecular flexibility index (Phi) is 5.33. The average Bonchev–Trinajstić information content (AvgIpc) is 3.29. The highest BCUT2D eigenvalue weighted by atomic mass is 35.5. The van der Waals surface area contributed by atoms with Crippen molar-refractivity contribution in [1.82, 2.24) is 10.2 Å². The lowest BCUT2D eigenvalue weighted by atomic mass is 10.2. The Labute approximate surface area is 170 Å². The fourth-order valence-corrected chi connectivity index (χ4v) is 4.88. The minimum atomic E-state index is -0.0701. The quantitative estimate of drug-likeness (QED) is 0.593. The predicted molar refractivity (Wildman–Crippen MR) is 110 cm³/mol. The predicted octanol–water partition coefficient (Wildman–Crippen LogP) is 4.86. The first-order chi connectivity index (χ1) is 13.1. The van der Waals surface area contributed by atoms with Gasteiger partial charge in [-0.2, -0.15) is 0 Å². The Morgan fingerprint density at radius 3 is 2.81 bits per heavy atom. The van der Waals surface area contributed by atoms with E-state index in [4.69, 9.17) is 16.3 Å². The van der Waals surface area contributed by atoms with Crippen molar-refractivity contribution >= 4 is 45.7 Å². The lowest BCUT2D eigenvalue weighted by molar-refractivity contribution is -0.115. The number of hydrogen-bond acceptors (Lipinski definition) is 6. The van der Waals surface area contributed by atoms with E-state index in [0.29, 0.717) is 27.5 Å². The number of aryl methyl sites for hydroxylation is 1. The summed E-state index contributed by atoms with van der Waals surface area (Å²) in [6, 6.07) is 15.5. The molecule has 0 saturated carbocycles. The van der Waals surface area contributed by atoms with Gasteiger partial charge in [0.25, 0.3) is 0 Å². The molecule has 8 heteroatoms. The number of carbonyl (C=O) groups excluding carboxylic acids is 1. The van der Waals surface area contributed by atoms with Gasteiger partial charge in [0.05, 0.1) is 5.75 Å². The molecule has 0 aliphatic carbocycles. The zero-order valence-corrected chi connectivity index (χ0v) is 16.9. The van der Waals surface area contributed by atoms with Crippen LogP contribution in [0.4, 0.5) is 5.13 Å². The summed E-state index contributed by atoms with van der Waals surface area (Å²) < 4.78 is 5.78. The van der Waals surface area contributed by atoms with Crippen LogP contribution in [0, 0.1) is 6.92 Å². The molecule has 0 bridgehead atoms. The summed E-state index contributed by atoms with van der Waals surface area (Å²) in [5, 5.41) is 10.4. The molecule has 0 spiro atoms. The number of amides is 1. The highest BCUT2D eigenvalue weighted by Gasteiger charge is 2.36. The monoisotopic (exact) mass is 417 g/mol. The highest BCUT2D eigenvalue weighted by Crippen LogP contribution is 2.42. The van der Waals surface area contributed by atoms with Crippen molar-refractivity contribution in [2.24, 2.45) is 0 Å². The van der Waals surface area contributed by atoms with Crippen LogP contribution in [0.25, 0.3) is 0 Å². The van der Waals surface area contributed by atoms with E-state index in [-0.39, 0.29) is 11.3 Å². The Bertz CT molecular complexity index is 965. The zero-order valence-electron chi connectivity index (χ0n) is 14.5. The van der Waals surface area contributed by atoms with Crippen molar-refractivity contribution in [2.75, 3.05) is 10.7 Å². The molecule has 138 valence electrons. The van der Waals surface area contributed by atoms with Crippen LogP contribution in [0.3, 0.4) is 0 Å². The molecule has 0 N–H and O–H groups in total. The second-order valence-corrected chi connectivity index (χ2v) is 8.53. The molecule has 27 heavy (non-hydrogen) atoms. The number of aromatic nitrogens is 2. The minimum Gasteiger partial charge on any atom is -0.486 e. The van der Waals surface area contributed by atoms with Gasteiger partial charge < -0.3 is 4.74 Å². The zero-order chi connectivity index (χ0) is 18.8. The normalized spacial score (nSPS) is 16.7. The van der Waals surface area contributed by atoms with Crippen molar-refractivity contribution in [2.45, 2.75) is 18.9 Å². The SMILES string of the molecule is Cc1cc(OCc2nnc(N3C(=O)CSC3c3ccccc3)s2)ccc1Cl. The topological polar surface area (TPSA) is 55.3 Å². The molecule has 1 aromatic heterocycles. The number of thioether (sulfide) groups is 1. The van der Waals surface area contributed by atoms with Gasteiger partial charge in [-0.15, -0.1) is 22.0 Å². The van der Waals surface area contributed by atoms with E-state index in [9.17, 15) is 4.79 Å². The van der Waals surface area contributed by atoms with Crippen LogP contribution < -0.4 is 9.64 Å². The Balaban J connectivity index is 1.49. The standard InChI is InChI=1S/C19H16ClN3O2S2/c1-12-9-14(7-8-15(12)20)25-10-16-21-22-19(27-16)23-17(24)11-26-18(23)13-5-3-2-4-6-13/h2-9,18H,10-11H2,1H3. The van der Waals surface area contributed by atoms with Gasteiger partial charge in [-0.1, -0.05) is 53.3 Å². The van der Waals surface area contributed by atoms with Crippen LogP contribution >= 0.6 is 34.7 Å². The second-order valence-electron chi connectivity index (χ2n) is 6.02. The van der Waals surface area contributed by atoms with Crippen LogP contribution in [-0.2, 0) is 11.4 Å². The van der Waals surface area contributed by atoms with Gasteiger partial charge in [-0.25, -0.2) is 0 Å². The third-order valence-electron chi connectivity index (χ3n) is 4.11. The van der Waals surface area contributed by atoms with Crippen LogP contribution in [-0.4, -0.2) is 21.9 Å². The molecule has 0 radical (unpaired) electrons. The molecule has 2 heterocycles. The Morgan fingerprint density at radius 2 is 2.04 bits per heavy atom. The fourth-order valence-electron chi connectivity index (χ4n) is 2.75. The van der Waals surface area contributed by atoms with Crippen LogP contribution in [0.2, 0.25) is 5.02 Å². The number of anilines is 1. The molecular weight excluding hydrogens is 402 g/mol. The summed E-state index contributed by atoms with van der Waals surface area (Å²) in [7, 11) is 0. The van der Waals surface area contributed by atoms with E-state index < -0.39 is 0 Å². The molecular formula is C19H16ClN3O2S2. The molecule has 1 fully saturated rings. The summed E-state index contributed by atoms with van der Waals surface area (Å²) in [4.78, 5) is 14.1. The number of hydrogen-bond donors (Lipinski definition) is 0. The molecule has 1 saturated heterocycles. The smallest absolute Gasteiger partial charge is 0.240 e. The van der Waals surface area contributed by atoms with Gasteiger partial charge in [0.15, 0.2) is 5.01 Å². The highest BCUT2D eigenvalue weighted by molar-refractivity contribution is 8.00. The molecule has 1 aliphatic heterocycles. The van der Waals surface area contributed by atoms with Crippen molar-refractivity contribution in [3.8, 4) is 5.75 Å². The van der Waals surface area contributed by atoms with Gasteiger partial charge in [-0.3, -0.25) is 9.69 Å². The van der Waals surface area contributed by atoms with Crippen LogP contribution in [0.1, 0.15) is 21.5 Å². The summed E-state index contributed by atoms with van der Waals surface area (Å²) >= 11 is 9.01. The molecule has 1 aliphatic rings. The molecule has 5 nitrogen and oxygen atoms in total. The van der Waals surface area contributed by atoms with Gasteiger partial charge >= 0.3 is 0 Å². The molecule has 2 aromatic carbocycles. The first-order valence-electron chi connectivity index (χ1n) is 8.32. The third kappa shape index (κ3) is 3.95. The van der Waals surface area contributed by atoms with E-state index in [0.717, 1.165) is 16.9 Å². The number of halogens is 1. The van der Waals surface area contributed by atoms with E-state index in [1.807, 2.05) is 55.5 Å². The largest absolute Gasteiger partial charge is 0.486 e. The maximum absolute atomic E-state index is 12.4. The first kappa shape index (κ1) is 18.3. The molecule has 1 amide bonds. The minimum absolute atomic E-state index is 0.0470. The number of benzene rings is 2. The van der Waals surface area contributed by atoms with E-state index in [1.165, 1.54) is 11.3 Å². The number of carbonyl (C=O) groups is 1. The molecule has 3 aromatic rings. The summed E-state index contributed by atoms with van der Waals surface area (Å²) in [5.41, 5.74) is 2.04. The van der Waals surface area contributed by atoms with Crippen LogP contribution in [0.5, 0.6) is 5.75 Å². The van der Waals surface area contributed by atoms with Gasteiger partial charge in [0, 0.05) is 5.02 Å². The number of rotatable bonds is 5.